The van der Waals surface area contributed by atoms with Crippen LogP contribution in [0.5, 0.6) is 0 Å². The molecule has 4 rings (SSSR count). The fourth-order valence-electron chi connectivity index (χ4n) is 5.61. The molecule has 1 N–H and O–H groups in total. The van der Waals surface area contributed by atoms with E-state index in [-0.39, 0.29) is 41.1 Å². The number of anilines is 1. The Kier molecular flexibility index (Phi) is 5.72. The number of benzene rings is 1. The number of sulfonamides is 1. The first-order chi connectivity index (χ1) is 14.5. The first-order valence-electron chi connectivity index (χ1n) is 10.8. The van der Waals surface area contributed by atoms with Gasteiger partial charge >= 0.3 is 0 Å². The average Bonchev–Trinajstić information content (AvgIpc) is 3.04. The van der Waals surface area contributed by atoms with Gasteiger partial charge in [-0.3, -0.25) is 14.5 Å². The topological polar surface area (TPSA) is 86.8 Å². The van der Waals surface area contributed by atoms with Crippen molar-refractivity contribution in [3.05, 3.63) is 30.1 Å². The van der Waals surface area contributed by atoms with Crippen LogP contribution in [0, 0.1) is 22.6 Å². The second-order valence-electron chi connectivity index (χ2n) is 9.65. The summed E-state index contributed by atoms with van der Waals surface area (Å²) >= 11 is 0. The molecule has 2 bridgehead atoms. The first-order valence-corrected chi connectivity index (χ1v) is 12.4. The number of fused-ring (bicyclic) bond motifs is 2. The summed E-state index contributed by atoms with van der Waals surface area (Å²) in [6.45, 7) is 5.74. The van der Waals surface area contributed by atoms with Crippen LogP contribution in [-0.2, 0) is 19.6 Å². The van der Waals surface area contributed by atoms with Gasteiger partial charge in [0.15, 0.2) is 0 Å². The standard InChI is InChI=1S/C22H30FN3O4S/c1-21(2)16-7-8-22(21,19(27)13-16)15-31(29,30)26-11-9-25(10-12-26)14-20(28)24-18-5-3-17(23)4-6-18/h3-6,16H,7-15H2,1-2H3,(H,24,28). The van der Waals surface area contributed by atoms with Crippen molar-refractivity contribution >= 4 is 27.4 Å². The molecule has 3 fully saturated rings. The lowest BCUT2D eigenvalue weighted by Gasteiger charge is -2.39. The summed E-state index contributed by atoms with van der Waals surface area (Å²) in [4.78, 5) is 26.9. The number of halogens is 1. The summed E-state index contributed by atoms with van der Waals surface area (Å²) in [7, 11) is -3.57. The van der Waals surface area contributed by atoms with Gasteiger partial charge in [0.05, 0.1) is 12.3 Å². The minimum absolute atomic E-state index is 0.104. The second kappa shape index (κ2) is 7.94. The molecule has 1 saturated heterocycles. The first kappa shape index (κ1) is 22.4. The normalized spacial score (nSPS) is 28.7. The van der Waals surface area contributed by atoms with Crippen LogP contribution >= 0.6 is 0 Å². The number of hydrogen-bond donors (Lipinski definition) is 1. The van der Waals surface area contributed by atoms with E-state index in [2.05, 4.69) is 5.32 Å². The van der Waals surface area contributed by atoms with Crippen molar-refractivity contribution in [3.63, 3.8) is 0 Å². The van der Waals surface area contributed by atoms with Crippen molar-refractivity contribution < 1.29 is 22.4 Å². The lowest BCUT2D eigenvalue weighted by molar-refractivity contribution is -0.128. The summed E-state index contributed by atoms with van der Waals surface area (Å²) in [6, 6.07) is 5.55. The Balaban J connectivity index is 1.32. The number of amides is 1. The molecule has 1 amide bonds. The highest BCUT2D eigenvalue weighted by Gasteiger charge is 2.65. The van der Waals surface area contributed by atoms with Crippen LogP contribution in [0.1, 0.15) is 33.1 Å². The van der Waals surface area contributed by atoms with Gasteiger partial charge < -0.3 is 5.32 Å². The molecule has 9 heteroatoms. The third-order valence-electron chi connectivity index (χ3n) is 7.79. The fraction of sp³-hybridized carbons (Fsp3) is 0.636. The van der Waals surface area contributed by atoms with Crippen LogP contribution in [0.2, 0.25) is 0 Å². The van der Waals surface area contributed by atoms with Gasteiger partial charge in [-0.2, -0.15) is 4.31 Å². The van der Waals surface area contributed by atoms with E-state index in [1.54, 1.807) is 0 Å². The molecule has 1 aromatic carbocycles. The number of hydrogen-bond acceptors (Lipinski definition) is 5. The monoisotopic (exact) mass is 451 g/mol. The van der Waals surface area contributed by atoms with Crippen LogP contribution in [0.25, 0.3) is 0 Å². The van der Waals surface area contributed by atoms with Crippen LogP contribution in [0.3, 0.4) is 0 Å². The zero-order chi connectivity index (χ0) is 22.4. The van der Waals surface area contributed by atoms with E-state index in [1.807, 2.05) is 18.7 Å². The molecule has 31 heavy (non-hydrogen) atoms. The maximum Gasteiger partial charge on any atom is 0.238 e. The summed E-state index contributed by atoms with van der Waals surface area (Å²) in [5, 5.41) is 2.72. The highest BCUT2D eigenvalue weighted by atomic mass is 32.2. The Labute approximate surface area is 183 Å². The maximum absolute atomic E-state index is 13.2. The van der Waals surface area contributed by atoms with Gasteiger partial charge in [0.25, 0.3) is 0 Å². The van der Waals surface area contributed by atoms with E-state index in [9.17, 15) is 22.4 Å². The molecular weight excluding hydrogens is 421 g/mol. The number of Topliss-reactive ketones (excluding diaryl/α,β-unsaturated/α-hetero) is 1. The molecule has 1 aromatic rings. The molecule has 2 aliphatic carbocycles. The van der Waals surface area contributed by atoms with Gasteiger partial charge in [0, 0.05) is 43.7 Å². The molecule has 7 nitrogen and oxygen atoms in total. The minimum Gasteiger partial charge on any atom is -0.325 e. The van der Waals surface area contributed by atoms with Crippen LogP contribution < -0.4 is 5.32 Å². The number of carbonyl (C=O) groups is 2. The van der Waals surface area contributed by atoms with E-state index in [0.29, 0.717) is 44.7 Å². The van der Waals surface area contributed by atoms with Gasteiger partial charge in [0.1, 0.15) is 11.6 Å². The molecule has 2 atom stereocenters. The molecule has 1 heterocycles. The van der Waals surface area contributed by atoms with Gasteiger partial charge in [-0.05, 0) is 48.4 Å². The zero-order valence-electron chi connectivity index (χ0n) is 18.1. The number of piperazine rings is 1. The van der Waals surface area contributed by atoms with Gasteiger partial charge in [-0.15, -0.1) is 0 Å². The quantitative estimate of drug-likeness (QED) is 0.716. The van der Waals surface area contributed by atoms with Crippen LogP contribution in [0.4, 0.5) is 10.1 Å². The zero-order valence-corrected chi connectivity index (χ0v) is 18.9. The smallest absolute Gasteiger partial charge is 0.238 e. The predicted molar refractivity (Wildman–Crippen MR) is 115 cm³/mol. The van der Waals surface area contributed by atoms with Crippen molar-refractivity contribution in [3.8, 4) is 0 Å². The van der Waals surface area contributed by atoms with E-state index in [1.165, 1.54) is 28.6 Å². The lowest BCUT2D eigenvalue weighted by atomic mass is 9.70. The summed E-state index contributed by atoms with van der Waals surface area (Å²) < 4.78 is 40.9. The van der Waals surface area contributed by atoms with Crippen molar-refractivity contribution in [2.75, 3.05) is 43.8 Å². The van der Waals surface area contributed by atoms with Gasteiger partial charge in [-0.1, -0.05) is 13.8 Å². The van der Waals surface area contributed by atoms with Crippen molar-refractivity contribution in [1.29, 1.82) is 0 Å². The van der Waals surface area contributed by atoms with Crippen molar-refractivity contribution in [2.45, 2.75) is 33.1 Å². The Morgan fingerprint density at radius 3 is 2.35 bits per heavy atom. The Morgan fingerprint density at radius 1 is 1.16 bits per heavy atom. The highest BCUT2D eigenvalue weighted by Crippen LogP contribution is 2.64. The second-order valence-corrected chi connectivity index (χ2v) is 11.6. The fourth-order valence-corrected chi connectivity index (χ4v) is 7.82. The Hall–Kier alpha value is -1.84. The molecule has 170 valence electrons. The highest BCUT2D eigenvalue weighted by molar-refractivity contribution is 7.89. The molecule has 2 saturated carbocycles. The predicted octanol–water partition coefficient (Wildman–Crippen LogP) is 2.11. The van der Waals surface area contributed by atoms with E-state index < -0.39 is 15.4 Å². The molecule has 1 aliphatic heterocycles. The van der Waals surface area contributed by atoms with E-state index in [0.717, 1.165) is 6.42 Å². The maximum atomic E-state index is 13.2. The minimum atomic E-state index is -3.57. The molecule has 0 spiro atoms. The summed E-state index contributed by atoms with van der Waals surface area (Å²) in [6.07, 6.45) is 2.08. The average molecular weight is 452 g/mol. The number of ketones is 1. The SMILES string of the molecule is CC1(C)C2CCC1(CS(=O)(=O)N1CCN(CC(=O)Nc3ccc(F)cc3)CC1)C(=O)C2. The Bertz CT molecular complexity index is 971. The van der Waals surface area contributed by atoms with Gasteiger partial charge in [-0.25, -0.2) is 12.8 Å². The van der Waals surface area contributed by atoms with E-state index >= 15 is 0 Å². The number of carbonyl (C=O) groups excluding carboxylic acids is 2. The molecule has 3 aliphatic rings. The number of nitrogens with one attached hydrogen (secondary N) is 1. The largest absolute Gasteiger partial charge is 0.325 e. The number of rotatable bonds is 6. The van der Waals surface area contributed by atoms with E-state index in [4.69, 9.17) is 0 Å². The van der Waals surface area contributed by atoms with Crippen LogP contribution in [0.15, 0.2) is 24.3 Å². The Morgan fingerprint density at radius 2 is 1.81 bits per heavy atom. The third kappa shape index (κ3) is 4.03. The van der Waals surface area contributed by atoms with Gasteiger partial charge in [0.2, 0.25) is 15.9 Å². The van der Waals surface area contributed by atoms with Crippen molar-refractivity contribution in [1.82, 2.24) is 9.21 Å². The van der Waals surface area contributed by atoms with Crippen LogP contribution in [-0.4, -0.2) is 67.8 Å². The number of nitrogens with zero attached hydrogens (tertiary/aromatic N) is 2. The van der Waals surface area contributed by atoms with Crippen molar-refractivity contribution in [2.24, 2.45) is 16.7 Å². The molecular formula is C22H30FN3O4S. The summed E-state index contributed by atoms with van der Waals surface area (Å²) in [5.41, 5.74) is -0.523. The third-order valence-corrected chi connectivity index (χ3v) is 9.80. The lowest BCUT2D eigenvalue weighted by Crippen LogP contribution is -2.53. The molecule has 2 unspecified atom stereocenters. The summed E-state index contributed by atoms with van der Waals surface area (Å²) in [5.74, 6) is -0.309. The molecule has 0 radical (unpaired) electrons. The molecule has 0 aromatic heterocycles.